The fraction of sp³-hybridized carbons (Fsp3) is 0.261. The molecule has 0 aliphatic carbocycles. The molecule has 0 aromatic heterocycles. The molecule has 0 spiro atoms. The van der Waals surface area contributed by atoms with Gasteiger partial charge in [0.15, 0.2) is 0 Å². The number of nitrogens with one attached hydrogen (secondary N) is 2. The zero-order chi connectivity index (χ0) is 18.8. The van der Waals surface area contributed by atoms with Gasteiger partial charge in [-0.15, -0.1) is 0 Å². The third-order valence-corrected chi connectivity index (χ3v) is 5.39. The number of hydrogen-bond donors (Lipinski definition) is 2. The van der Waals surface area contributed by atoms with Crippen LogP contribution in [0.15, 0.2) is 78.2 Å². The number of benzene rings is 2. The maximum Gasteiger partial charge on any atom is 0.267 e. The van der Waals surface area contributed by atoms with Crippen LogP contribution in [-0.4, -0.2) is 30.9 Å². The van der Waals surface area contributed by atoms with Crippen molar-refractivity contribution < 1.29 is 4.79 Å². The van der Waals surface area contributed by atoms with E-state index in [2.05, 4.69) is 53.1 Å². The van der Waals surface area contributed by atoms with Crippen molar-refractivity contribution in [3.05, 3.63) is 83.7 Å². The second-order valence-corrected chi connectivity index (χ2v) is 7.25. The quantitative estimate of drug-likeness (QED) is 0.878. The number of dihydropyridines is 1. The van der Waals surface area contributed by atoms with E-state index in [1.54, 1.807) is 0 Å². The van der Waals surface area contributed by atoms with Crippen molar-refractivity contribution in [2.45, 2.75) is 13.0 Å². The Balaban J connectivity index is 1.53. The van der Waals surface area contributed by atoms with Crippen LogP contribution in [0.5, 0.6) is 0 Å². The highest BCUT2D eigenvalue weighted by Crippen LogP contribution is 2.28. The highest BCUT2D eigenvalue weighted by Gasteiger charge is 2.28. The predicted molar refractivity (Wildman–Crippen MR) is 110 cm³/mol. The van der Waals surface area contributed by atoms with Gasteiger partial charge in [-0.2, -0.15) is 0 Å². The average molecular weight is 359 g/mol. The molecule has 138 valence electrons. The van der Waals surface area contributed by atoms with Crippen molar-refractivity contribution in [3.8, 4) is 0 Å². The molecule has 0 fully saturated rings. The summed E-state index contributed by atoms with van der Waals surface area (Å²) in [5, 5.41) is 8.73. The lowest BCUT2D eigenvalue weighted by Gasteiger charge is -2.21. The van der Waals surface area contributed by atoms with Gasteiger partial charge in [-0.1, -0.05) is 48.5 Å². The Labute approximate surface area is 160 Å². The number of allylic oxidation sites excluding steroid dienone is 1. The smallest absolute Gasteiger partial charge is 0.267 e. The lowest BCUT2D eigenvalue weighted by atomic mass is 9.98. The molecule has 0 radical (unpaired) electrons. The molecule has 4 heteroatoms. The second-order valence-electron chi connectivity index (χ2n) is 7.25. The van der Waals surface area contributed by atoms with Crippen LogP contribution in [0, 0.1) is 5.92 Å². The fourth-order valence-electron chi connectivity index (χ4n) is 3.93. The molecule has 2 atom stereocenters. The summed E-state index contributed by atoms with van der Waals surface area (Å²) in [6.07, 6.45) is 8.35. The van der Waals surface area contributed by atoms with Crippen molar-refractivity contribution in [2.24, 2.45) is 5.92 Å². The van der Waals surface area contributed by atoms with Crippen molar-refractivity contribution in [1.29, 1.82) is 0 Å². The first kappa shape index (κ1) is 17.4. The van der Waals surface area contributed by atoms with Gasteiger partial charge in [0, 0.05) is 26.1 Å². The number of likely N-dealkylation sites (N-methyl/N-ethyl adjacent to an activating group) is 1. The van der Waals surface area contributed by atoms with Crippen LogP contribution < -0.4 is 10.6 Å². The zero-order valence-corrected chi connectivity index (χ0v) is 15.8. The lowest BCUT2D eigenvalue weighted by molar-refractivity contribution is -0.119. The summed E-state index contributed by atoms with van der Waals surface area (Å²) >= 11 is 0. The van der Waals surface area contributed by atoms with Gasteiger partial charge >= 0.3 is 0 Å². The molecule has 2 unspecified atom stereocenters. The molecule has 2 aromatic carbocycles. The van der Waals surface area contributed by atoms with E-state index in [0.717, 1.165) is 24.4 Å². The van der Waals surface area contributed by atoms with E-state index in [9.17, 15) is 4.79 Å². The Morgan fingerprint density at radius 3 is 2.85 bits per heavy atom. The number of amides is 1. The second kappa shape index (κ2) is 7.31. The Hall–Kier alpha value is -3.01. The summed E-state index contributed by atoms with van der Waals surface area (Å²) in [7, 11) is 1.99. The van der Waals surface area contributed by atoms with E-state index in [4.69, 9.17) is 0 Å². The van der Waals surface area contributed by atoms with Crippen LogP contribution >= 0.6 is 0 Å². The van der Waals surface area contributed by atoms with Crippen LogP contribution in [0.1, 0.15) is 18.5 Å². The average Bonchev–Trinajstić information content (AvgIpc) is 3.10. The minimum Gasteiger partial charge on any atom is -0.387 e. The SMILES string of the molecule is CC(NC(=O)C1=CC(C2=CCNC=C2)CN1C)c1cccc2ccccc12. The summed E-state index contributed by atoms with van der Waals surface area (Å²) in [5.41, 5.74) is 3.16. The molecule has 2 aromatic rings. The van der Waals surface area contributed by atoms with Gasteiger partial charge in [0.05, 0.1) is 11.7 Å². The van der Waals surface area contributed by atoms with Crippen molar-refractivity contribution in [3.63, 3.8) is 0 Å². The highest BCUT2D eigenvalue weighted by molar-refractivity contribution is 5.94. The van der Waals surface area contributed by atoms with Gasteiger partial charge < -0.3 is 15.5 Å². The molecule has 1 amide bonds. The minimum atomic E-state index is -0.0602. The molecule has 0 saturated carbocycles. The highest BCUT2D eigenvalue weighted by atomic mass is 16.2. The number of nitrogens with zero attached hydrogens (tertiary/aromatic N) is 1. The molecule has 4 rings (SSSR count). The first-order valence-electron chi connectivity index (χ1n) is 9.45. The Morgan fingerprint density at radius 2 is 2.04 bits per heavy atom. The molecular weight excluding hydrogens is 334 g/mol. The summed E-state index contributed by atoms with van der Waals surface area (Å²) in [6.45, 7) is 3.73. The Bertz CT molecular complexity index is 952. The molecule has 2 N–H and O–H groups in total. The number of fused-ring (bicyclic) bond motifs is 1. The molecular formula is C23H25N3O. The van der Waals surface area contributed by atoms with Crippen LogP contribution in [0.3, 0.4) is 0 Å². The van der Waals surface area contributed by atoms with E-state index in [-0.39, 0.29) is 17.9 Å². The maximum atomic E-state index is 12.9. The Kier molecular flexibility index (Phi) is 4.71. The van der Waals surface area contributed by atoms with E-state index >= 15 is 0 Å². The van der Waals surface area contributed by atoms with Crippen molar-refractivity contribution >= 4 is 16.7 Å². The van der Waals surface area contributed by atoms with Gasteiger partial charge in [-0.05, 0) is 47.2 Å². The fourth-order valence-corrected chi connectivity index (χ4v) is 3.93. The molecule has 4 nitrogen and oxygen atoms in total. The first-order chi connectivity index (χ1) is 13.1. The van der Waals surface area contributed by atoms with E-state index in [1.165, 1.54) is 16.3 Å². The molecule has 0 saturated heterocycles. The number of carbonyl (C=O) groups excluding carboxylic acids is 1. The van der Waals surface area contributed by atoms with Crippen molar-refractivity contribution in [1.82, 2.24) is 15.5 Å². The van der Waals surface area contributed by atoms with Crippen LogP contribution in [0.4, 0.5) is 0 Å². The van der Waals surface area contributed by atoms with E-state index in [0.29, 0.717) is 0 Å². The normalized spacial score (nSPS) is 20.1. The maximum absolute atomic E-state index is 12.9. The summed E-state index contributed by atoms with van der Waals surface area (Å²) < 4.78 is 0. The standard InChI is InChI=1S/C23H25N3O/c1-16(20-9-5-7-18-6-3-4-8-21(18)20)25-23(27)22-14-19(15-26(22)2)17-10-12-24-13-11-17/h3-12,14,16,19,24H,13,15H2,1-2H3,(H,25,27). The van der Waals surface area contributed by atoms with Gasteiger partial charge in [-0.25, -0.2) is 0 Å². The third-order valence-electron chi connectivity index (χ3n) is 5.39. The van der Waals surface area contributed by atoms with Crippen LogP contribution in [0.2, 0.25) is 0 Å². The number of hydrogen-bond acceptors (Lipinski definition) is 3. The molecule has 2 aliphatic rings. The van der Waals surface area contributed by atoms with Crippen molar-refractivity contribution in [2.75, 3.05) is 20.1 Å². The summed E-state index contributed by atoms with van der Waals surface area (Å²) in [4.78, 5) is 15.0. The lowest BCUT2D eigenvalue weighted by Crippen LogP contribution is -2.33. The Morgan fingerprint density at radius 1 is 1.22 bits per heavy atom. The largest absolute Gasteiger partial charge is 0.387 e. The summed E-state index contributed by atoms with van der Waals surface area (Å²) in [5.74, 6) is 0.251. The minimum absolute atomic E-state index is 0.0149. The van der Waals surface area contributed by atoms with Gasteiger partial charge in [0.25, 0.3) is 5.91 Å². The van der Waals surface area contributed by atoms with E-state index < -0.39 is 0 Å². The molecule has 27 heavy (non-hydrogen) atoms. The third kappa shape index (κ3) is 3.47. The molecule has 2 aliphatic heterocycles. The molecule has 0 bridgehead atoms. The zero-order valence-electron chi connectivity index (χ0n) is 15.8. The topological polar surface area (TPSA) is 44.4 Å². The first-order valence-corrected chi connectivity index (χ1v) is 9.45. The van der Waals surface area contributed by atoms with Crippen LogP contribution in [-0.2, 0) is 4.79 Å². The molecule has 2 heterocycles. The van der Waals surface area contributed by atoms with E-state index in [1.807, 2.05) is 43.3 Å². The van der Waals surface area contributed by atoms with Crippen LogP contribution in [0.25, 0.3) is 10.8 Å². The van der Waals surface area contributed by atoms with Gasteiger partial charge in [-0.3, -0.25) is 4.79 Å². The predicted octanol–water partition coefficient (Wildman–Crippen LogP) is 3.51. The summed E-state index contributed by atoms with van der Waals surface area (Å²) in [6, 6.07) is 14.5. The van der Waals surface area contributed by atoms with Gasteiger partial charge in [0.2, 0.25) is 0 Å². The monoisotopic (exact) mass is 359 g/mol. The number of carbonyl (C=O) groups is 1. The van der Waals surface area contributed by atoms with Gasteiger partial charge in [0.1, 0.15) is 0 Å². The number of rotatable bonds is 4.